The van der Waals surface area contributed by atoms with E-state index in [4.69, 9.17) is 0 Å². The Balaban J connectivity index is 1.24. The minimum atomic E-state index is 0.000541. The second kappa shape index (κ2) is 8.77. The highest BCUT2D eigenvalue weighted by molar-refractivity contribution is 5.74. The fraction of sp³-hybridized carbons (Fsp3) is 0.318. The molecule has 7 heteroatoms. The first kappa shape index (κ1) is 19.0. The molecule has 4 rings (SSSR count). The largest absolute Gasteiger partial charge is 0.368 e. The first-order chi connectivity index (χ1) is 14.2. The number of nitrogens with zero attached hydrogens (tertiary/aromatic N) is 5. The van der Waals surface area contributed by atoms with Crippen LogP contribution in [-0.4, -0.2) is 51.9 Å². The zero-order chi connectivity index (χ0) is 20.1. The Morgan fingerprint density at radius 2 is 1.79 bits per heavy atom. The summed E-state index contributed by atoms with van der Waals surface area (Å²) in [7, 11) is 0. The number of amides is 2. The number of rotatable bonds is 5. The van der Waals surface area contributed by atoms with Crippen LogP contribution in [0.1, 0.15) is 16.7 Å². The molecule has 1 saturated heterocycles. The van der Waals surface area contributed by atoms with Crippen molar-refractivity contribution in [2.24, 2.45) is 0 Å². The van der Waals surface area contributed by atoms with Crippen molar-refractivity contribution in [3.8, 4) is 0 Å². The summed E-state index contributed by atoms with van der Waals surface area (Å²) in [6, 6.07) is 16.7. The normalized spacial score (nSPS) is 14.1. The molecule has 0 atom stereocenters. The number of carbonyl (C=O) groups is 1. The predicted molar refractivity (Wildman–Crippen MR) is 113 cm³/mol. The van der Waals surface area contributed by atoms with Crippen molar-refractivity contribution in [3.63, 3.8) is 0 Å². The molecule has 0 unspecified atom stereocenters. The zero-order valence-electron chi connectivity index (χ0n) is 16.7. The number of piperazine rings is 1. The van der Waals surface area contributed by atoms with Gasteiger partial charge in [0.2, 0.25) is 0 Å². The van der Waals surface area contributed by atoms with Gasteiger partial charge in [-0.05, 0) is 35.7 Å². The molecule has 0 radical (unpaired) electrons. The summed E-state index contributed by atoms with van der Waals surface area (Å²) in [5.74, 6) is 0. The van der Waals surface area contributed by atoms with E-state index in [0.717, 1.165) is 37.3 Å². The maximum absolute atomic E-state index is 12.5. The number of benzene rings is 2. The van der Waals surface area contributed by atoms with Gasteiger partial charge in [-0.15, -0.1) is 0 Å². The van der Waals surface area contributed by atoms with E-state index >= 15 is 0 Å². The van der Waals surface area contributed by atoms with E-state index in [0.29, 0.717) is 13.1 Å². The van der Waals surface area contributed by atoms with Crippen molar-refractivity contribution >= 4 is 11.7 Å². The molecule has 3 aromatic rings. The van der Waals surface area contributed by atoms with Crippen LogP contribution in [0.2, 0.25) is 0 Å². The number of anilines is 1. The first-order valence-corrected chi connectivity index (χ1v) is 9.92. The Kier molecular flexibility index (Phi) is 5.74. The van der Waals surface area contributed by atoms with Gasteiger partial charge in [0.1, 0.15) is 12.7 Å². The summed E-state index contributed by atoms with van der Waals surface area (Å²) in [5.41, 5.74) is 4.72. The number of nitrogens with one attached hydrogen (secondary N) is 1. The molecule has 0 saturated carbocycles. The SMILES string of the molecule is Cc1cccc(N2CCN(C(=O)NCc3ccc(Cn4cncn4)cc3)CC2)c1. The number of hydrogen-bond acceptors (Lipinski definition) is 4. The lowest BCUT2D eigenvalue weighted by atomic mass is 10.1. The number of carbonyl (C=O) groups excluding carboxylic acids is 1. The van der Waals surface area contributed by atoms with Gasteiger partial charge in [-0.3, -0.25) is 0 Å². The van der Waals surface area contributed by atoms with Crippen molar-refractivity contribution in [2.45, 2.75) is 20.0 Å². The Morgan fingerprint density at radius 3 is 2.48 bits per heavy atom. The van der Waals surface area contributed by atoms with Gasteiger partial charge in [-0.25, -0.2) is 14.5 Å². The van der Waals surface area contributed by atoms with Crippen LogP contribution >= 0.6 is 0 Å². The molecule has 1 aromatic heterocycles. The number of aryl methyl sites for hydroxylation is 1. The smallest absolute Gasteiger partial charge is 0.317 e. The molecule has 2 amide bonds. The van der Waals surface area contributed by atoms with E-state index in [9.17, 15) is 4.79 Å². The molecule has 7 nitrogen and oxygen atoms in total. The predicted octanol–water partition coefficient (Wildman–Crippen LogP) is 2.67. The van der Waals surface area contributed by atoms with Crippen LogP contribution in [0.4, 0.5) is 10.5 Å². The van der Waals surface area contributed by atoms with Crippen LogP contribution in [0.15, 0.2) is 61.2 Å². The molecule has 1 N–H and O–H groups in total. The van der Waals surface area contributed by atoms with Crippen LogP contribution in [0.5, 0.6) is 0 Å². The summed E-state index contributed by atoms with van der Waals surface area (Å²) in [4.78, 5) is 20.7. The minimum absolute atomic E-state index is 0.000541. The molecule has 29 heavy (non-hydrogen) atoms. The van der Waals surface area contributed by atoms with Crippen molar-refractivity contribution in [2.75, 3.05) is 31.1 Å². The van der Waals surface area contributed by atoms with Gasteiger partial charge < -0.3 is 15.1 Å². The van der Waals surface area contributed by atoms with E-state index in [1.165, 1.54) is 17.6 Å². The number of hydrogen-bond donors (Lipinski definition) is 1. The highest BCUT2D eigenvalue weighted by atomic mass is 16.2. The third-order valence-electron chi connectivity index (χ3n) is 5.21. The lowest BCUT2D eigenvalue weighted by molar-refractivity contribution is 0.194. The molecule has 1 aliphatic heterocycles. The van der Waals surface area contributed by atoms with E-state index in [1.807, 2.05) is 17.0 Å². The van der Waals surface area contributed by atoms with Crippen molar-refractivity contribution in [1.29, 1.82) is 0 Å². The topological polar surface area (TPSA) is 66.3 Å². The molecular formula is C22H26N6O. The van der Waals surface area contributed by atoms with E-state index in [1.54, 1.807) is 11.0 Å². The Morgan fingerprint density at radius 1 is 1.03 bits per heavy atom. The van der Waals surface area contributed by atoms with Crippen molar-refractivity contribution < 1.29 is 4.79 Å². The Bertz CT molecular complexity index is 930. The molecule has 0 spiro atoms. The molecule has 2 aromatic carbocycles. The fourth-order valence-corrected chi connectivity index (χ4v) is 3.55. The van der Waals surface area contributed by atoms with Crippen molar-refractivity contribution in [3.05, 3.63) is 77.9 Å². The zero-order valence-corrected chi connectivity index (χ0v) is 16.7. The van der Waals surface area contributed by atoms with Gasteiger partial charge in [-0.1, -0.05) is 36.4 Å². The van der Waals surface area contributed by atoms with Crippen LogP contribution in [0, 0.1) is 6.92 Å². The molecule has 1 fully saturated rings. The second-order valence-corrected chi connectivity index (χ2v) is 7.38. The minimum Gasteiger partial charge on any atom is -0.368 e. The van der Waals surface area contributed by atoms with Gasteiger partial charge >= 0.3 is 6.03 Å². The van der Waals surface area contributed by atoms with Crippen molar-refractivity contribution in [1.82, 2.24) is 25.0 Å². The summed E-state index contributed by atoms with van der Waals surface area (Å²) in [5, 5.41) is 7.15. The van der Waals surface area contributed by atoms with Crippen LogP contribution in [-0.2, 0) is 13.1 Å². The Labute approximate surface area is 171 Å². The number of aromatic nitrogens is 3. The third-order valence-corrected chi connectivity index (χ3v) is 5.21. The second-order valence-electron chi connectivity index (χ2n) is 7.38. The first-order valence-electron chi connectivity index (χ1n) is 9.92. The fourth-order valence-electron chi connectivity index (χ4n) is 3.55. The standard InChI is InChI=1S/C22H26N6O/c1-18-3-2-4-21(13-18)26-9-11-27(12-10-26)22(29)24-14-19-5-7-20(8-6-19)15-28-17-23-16-25-28/h2-8,13,16-17H,9-12,14-15H2,1H3,(H,24,29). The lowest BCUT2D eigenvalue weighted by Crippen LogP contribution is -2.51. The van der Waals surface area contributed by atoms with E-state index < -0.39 is 0 Å². The molecule has 0 bridgehead atoms. The maximum Gasteiger partial charge on any atom is 0.317 e. The van der Waals surface area contributed by atoms with Crippen LogP contribution in [0.3, 0.4) is 0 Å². The maximum atomic E-state index is 12.5. The monoisotopic (exact) mass is 390 g/mol. The molecule has 1 aliphatic rings. The number of urea groups is 1. The molecule has 0 aliphatic carbocycles. The lowest BCUT2D eigenvalue weighted by Gasteiger charge is -2.36. The van der Waals surface area contributed by atoms with Gasteiger partial charge in [-0.2, -0.15) is 5.10 Å². The molecule has 150 valence electrons. The van der Waals surface area contributed by atoms with E-state index in [-0.39, 0.29) is 6.03 Å². The van der Waals surface area contributed by atoms with Crippen LogP contribution < -0.4 is 10.2 Å². The molecular weight excluding hydrogens is 364 g/mol. The molecule has 2 heterocycles. The van der Waals surface area contributed by atoms with E-state index in [2.05, 4.69) is 63.6 Å². The third kappa shape index (κ3) is 4.93. The van der Waals surface area contributed by atoms with Gasteiger partial charge in [0, 0.05) is 38.4 Å². The quantitative estimate of drug-likeness (QED) is 0.727. The average molecular weight is 390 g/mol. The summed E-state index contributed by atoms with van der Waals surface area (Å²) < 4.78 is 1.78. The van der Waals surface area contributed by atoms with Crippen LogP contribution in [0.25, 0.3) is 0 Å². The summed E-state index contributed by atoms with van der Waals surface area (Å²) >= 11 is 0. The van der Waals surface area contributed by atoms with Gasteiger partial charge in [0.25, 0.3) is 0 Å². The summed E-state index contributed by atoms with van der Waals surface area (Å²) in [6.07, 6.45) is 3.23. The van der Waals surface area contributed by atoms with Gasteiger partial charge in [0.05, 0.1) is 6.54 Å². The highest BCUT2D eigenvalue weighted by Gasteiger charge is 2.21. The Hall–Kier alpha value is -3.35. The highest BCUT2D eigenvalue weighted by Crippen LogP contribution is 2.17. The summed E-state index contributed by atoms with van der Waals surface area (Å²) in [6.45, 7) is 6.50. The average Bonchev–Trinajstić information content (AvgIpc) is 3.26. The van der Waals surface area contributed by atoms with Gasteiger partial charge in [0.15, 0.2) is 0 Å².